The summed E-state index contributed by atoms with van der Waals surface area (Å²) >= 11 is 4.86. The molecule has 3 aliphatic carbocycles. The number of nitrogens with zero attached hydrogens (tertiary/aromatic N) is 1. The summed E-state index contributed by atoms with van der Waals surface area (Å²) in [5.74, 6) is 1.10. The van der Waals surface area contributed by atoms with Gasteiger partial charge in [0.1, 0.15) is 17.3 Å². The summed E-state index contributed by atoms with van der Waals surface area (Å²) in [7, 11) is 0. The van der Waals surface area contributed by atoms with Gasteiger partial charge in [-0.1, -0.05) is 52.4 Å². The Balaban J connectivity index is 0.000000174. The lowest BCUT2D eigenvalue weighted by Crippen LogP contribution is -2.46. The van der Waals surface area contributed by atoms with Crippen molar-refractivity contribution in [1.82, 2.24) is 4.90 Å². The highest BCUT2D eigenvalue weighted by Gasteiger charge is 2.40. The zero-order valence-electron chi connectivity index (χ0n) is 27.8. The molecule has 1 fully saturated rings. The molecule has 0 spiro atoms. The quantitative estimate of drug-likeness (QED) is 0.150. The molecular formula is C39H42BrNO8S. The van der Waals surface area contributed by atoms with Crippen LogP contribution >= 0.6 is 27.3 Å². The van der Waals surface area contributed by atoms with Gasteiger partial charge in [0.15, 0.2) is 5.78 Å². The first kappa shape index (κ1) is 37.2. The molecule has 2 heterocycles. The van der Waals surface area contributed by atoms with Crippen molar-refractivity contribution in [2.75, 3.05) is 33.0 Å². The molecule has 0 saturated heterocycles. The van der Waals surface area contributed by atoms with Crippen LogP contribution in [0.1, 0.15) is 51.4 Å². The van der Waals surface area contributed by atoms with Crippen LogP contribution in [0.4, 0.5) is 0 Å². The predicted molar refractivity (Wildman–Crippen MR) is 198 cm³/mol. The minimum Gasteiger partial charge on any atom is -0.508 e. The second-order valence-electron chi connectivity index (χ2n) is 12.2. The van der Waals surface area contributed by atoms with Crippen LogP contribution in [-0.4, -0.2) is 76.7 Å². The van der Waals surface area contributed by atoms with E-state index in [0.717, 1.165) is 48.3 Å². The molecular weight excluding hydrogens is 722 g/mol. The molecule has 1 aliphatic heterocycles. The molecule has 1 saturated carbocycles. The van der Waals surface area contributed by atoms with Crippen LogP contribution in [0.5, 0.6) is 11.5 Å². The molecule has 50 heavy (non-hydrogen) atoms. The van der Waals surface area contributed by atoms with Crippen molar-refractivity contribution in [3.63, 3.8) is 0 Å². The number of benzene rings is 2. The number of aliphatic hydroxyl groups excluding tert-OH is 1. The molecule has 3 aromatic rings. The molecule has 1 amide bonds. The third kappa shape index (κ3) is 9.81. The maximum atomic E-state index is 12.7. The van der Waals surface area contributed by atoms with Crippen LogP contribution in [0.3, 0.4) is 0 Å². The fourth-order valence-corrected chi connectivity index (χ4v) is 7.47. The molecule has 11 heteroatoms. The second-order valence-corrected chi connectivity index (χ2v) is 14.2. The molecule has 1 atom stereocenters. The Morgan fingerprint density at radius 1 is 0.920 bits per heavy atom. The van der Waals surface area contributed by atoms with Gasteiger partial charge in [-0.3, -0.25) is 14.4 Å². The smallest absolute Gasteiger partial charge is 0.251 e. The zero-order valence-corrected chi connectivity index (χ0v) is 30.2. The van der Waals surface area contributed by atoms with E-state index < -0.39 is 6.04 Å². The van der Waals surface area contributed by atoms with Crippen molar-refractivity contribution in [3.8, 4) is 21.9 Å². The number of aliphatic hydroxyl groups is 1. The van der Waals surface area contributed by atoms with E-state index in [1.807, 2.05) is 30.3 Å². The Labute approximate surface area is 304 Å². The third-order valence-electron chi connectivity index (χ3n) is 8.61. The Bertz CT molecular complexity index is 1790. The van der Waals surface area contributed by atoms with E-state index in [1.54, 1.807) is 23.1 Å². The van der Waals surface area contributed by atoms with Gasteiger partial charge in [-0.15, -0.1) is 11.3 Å². The van der Waals surface area contributed by atoms with Crippen molar-refractivity contribution in [2.24, 2.45) is 0 Å². The number of carbonyl (C=O) groups is 3. The summed E-state index contributed by atoms with van der Waals surface area (Å²) in [6, 6.07) is 12.3. The number of hydrogen-bond acceptors (Lipinski definition) is 9. The average molecular weight is 765 g/mol. The summed E-state index contributed by atoms with van der Waals surface area (Å²) in [5, 5.41) is 29.1. The van der Waals surface area contributed by atoms with Crippen LogP contribution < -0.4 is 0 Å². The number of rotatable bonds is 9. The van der Waals surface area contributed by atoms with E-state index >= 15 is 0 Å². The maximum Gasteiger partial charge on any atom is 0.251 e. The summed E-state index contributed by atoms with van der Waals surface area (Å²) in [6.07, 6.45) is 15.7. The molecule has 0 bridgehead atoms. The lowest BCUT2D eigenvalue weighted by atomic mass is 9.92. The van der Waals surface area contributed by atoms with Crippen LogP contribution in [0.15, 0.2) is 94.2 Å². The highest BCUT2D eigenvalue weighted by molar-refractivity contribution is 9.10. The number of thiophene rings is 1. The lowest BCUT2D eigenvalue weighted by molar-refractivity contribution is -0.140. The molecule has 1 unspecified atom stereocenters. The van der Waals surface area contributed by atoms with Gasteiger partial charge in [0.2, 0.25) is 0 Å². The molecule has 3 N–H and O–H groups in total. The number of halogens is 1. The summed E-state index contributed by atoms with van der Waals surface area (Å²) in [5.41, 5.74) is 2.67. The second kappa shape index (κ2) is 18.3. The van der Waals surface area contributed by atoms with Crippen LogP contribution in [-0.2, 0) is 23.9 Å². The number of carbonyl (C=O) groups excluding carboxylic acids is 3. The minimum absolute atomic E-state index is 0.0190. The Kier molecular flexibility index (Phi) is 13.6. The van der Waals surface area contributed by atoms with E-state index in [2.05, 4.69) is 40.2 Å². The van der Waals surface area contributed by atoms with Crippen LogP contribution in [0, 0.1) is 0 Å². The highest BCUT2D eigenvalue weighted by Crippen LogP contribution is 2.44. The number of ketones is 2. The molecule has 4 aliphatic rings. The Morgan fingerprint density at radius 3 is 2.36 bits per heavy atom. The number of amides is 1. The fraction of sp³-hybridized carbons (Fsp3) is 0.359. The topological polar surface area (TPSA) is 134 Å². The van der Waals surface area contributed by atoms with E-state index in [9.17, 15) is 24.6 Å². The van der Waals surface area contributed by atoms with Crippen molar-refractivity contribution in [1.29, 1.82) is 0 Å². The van der Waals surface area contributed by atoms with Gasteiger partial charge in [0.05, 0.1) is 42.9 Å². The third-order valence-corrected chi connectivity index (χ3v) is 10.3. The molecule has 9 nitrogen and oxygen atoms in total. The predicted octanol–water partition coefficient (Wildman–Crippen LogP) is 7.54. The summed E-state index contributed by atoms with van der Waals surface area (Å²) < 4.78 is 12.8. The summed E-state index contributed by atoms with van der Waals surface area (Å²) in [6.45, 7) is 1.84. The van der Waals surface area contributed by atoms with E-state index in [0.29, 0.717) is 52.0 Å². The van der Waals surface area contributed by atoms with E-state index in [1.165, 1.54) is 24.2 Å². The SMILES string of the molecule is C1=CCCC=C1.O=C1CCC(N2CC3=C(CCC(OCCCOCCO)=C3)C2=O)C(=O)C1.Oc1ccc2c(O)c(-c3ccc(Br)cc3)sc2c1. The number of phenols is 1. The summed E-state index contributed by atoms with van der Waals surface area (Å²) in [4.78, 5) is 38.7. The van der Waals surface area contributed by atoms with Gasteiger partial charge < -0.3 is 29.7 Å². The average Bonchev–Trinajstić information content (AvgIpc) is 3.62. The van der Waals surface area contributed by atoms with Crippen LogP contribution in [0.2, 0.25) is 0 Å². The zero-order chi connectivity index (χ0) is 35.5. The first-order chi connectivity index (χ1) is 24.2. The minimum atomic E-state index is -0.466. The standard InChI is InChI=1S/C19H25NO6.C14H9BrO2S.C6H8/c21-6-9-25-7-1-8-26-15-3-4-16-13(10-15)12-20(19(16)24)17-5-2-14(22)11-18(17)23;15-9-3-1-8(2-4-9)14-13(17)11-6-5-10(16)7-12(11)18-14;1-2-4-6-5-3-1/h10,17,21H,1-9,11-12H2;1-7,16-17H;1-4H,5-6H2. The largest absolute Gasteiger partial charge is 0.508 e. The normalized spacial score (nSPS) is 18.4. The van der Waals surface area contributed by atoms with Gasteiger partial charge in [0.25, 0.3) is 5.91 Å². The lowest BCUT2D eigenvalue weighted by Gasteiger charge is -2.29. The van der Waals surface area contributed by atoms with Gasteiger partial charge in [-0.05, 0) is 73.2 Å². The number of Topliss-reactive ketones (excluding diaryl/α,β-unsaturated/α-hetero) is 2. The number of hydrogen-bond donors (Lipinski definition) is 3. The Morgan fingerprint density at radius 2 is 1.68 bits per heavy atom. The van der Waals surface area contributed by atoms with E-state index in [4.69, 9.17) is 14.6 Å². The first-order valence-electron chi connectivity index (χ1n) is 16.9. The Hall–Kier alpha value is -4.03. The van der Waals surface area contributed by atoms with E-state index in [-0.39, 0.29) is 42.0 Å². The molecule has 264 valence electrons. The van der Waals surface area contributed by atoms with Gasteiger partial charge >= 0.3 is 0 Å². The van der Waals surface area contributed by atoms with Gasteiger partial charge in [-0.2, -0.15) is 0 Å². The number of ether oxygens (including phenoxy) is 2. The van der Waals surface area contributed by atoms with Gasteiger partial charge in [0, 0.05) is 52.5 Å². The molecule has 7 rings (SSSR count). The van der Waals surface area contributed by atoms with Gasteiger partial charge in [-0.25, -0.2) is 0 Å². The van der Waals surface area contributed by atoms with Crippen molar-refractivity contribution in [3.05, 3.63) is 94.2 Å². The monoisotopic (exact) mass is 763 g/mol. The van der Waals surface area contributed by atoms with Crippen LogP contribution in [0.25, 0.3) is 20.5 Å². The maximum absolute atomic E-state index is 12.7. The fourth-order valence-electron chi connectivity index (χ4n) is 6.07. The number of phenolic OH excluding ortho intramolecular Hbond substituents is 1. The molecule has 0 radical (unpaired) electrons. The van der Waals surface area contributed by atoms with Crippen molar-refractivity contribution in [2.45, 2.75) is 57.4 Å². The molecule has 1 aromatic heterocycles. The first-order valence-corrected chi connectivity index (χ1v) is 18.5. The van der Waals surface area contributed by atoms with Crippen molar-refractivity contribution < 1.29 is 39.2 Å². The molecule has 2 aromatic carbocycles. The highest BCUT2D eigenvalue weighted by atomic mass is 79.9. The number of aromatic hydroxyl groups is 2. The number of allylic oxidation sites excluding steroid dienone is 5. The number of fused-ring (bicyclic) bond motifs is 1. The van der Waals surface area contributed by atoms with Crippen molar-refractivity contribution >= 4 is 54.8 Å².